The zero-order chi connectivity index (χ0) is 30.9. The van der Waals surface area contributed by atoms with Gasteiger partial charge in [-0.2, -0.15) is 17.6 Å². The minimum atomic E-state index is -4.50. The molecule has 4 heterocycles. The van der Waals surface area contributed by atoms with Gasteiger partial charge in [0, 0.05) is 46.5 Å². The molecular weight excluding hydrogens is 759 g/mol. The molecule has 2 unspecified atom stereocenters. The lowest BCUT2D eigenvalue weighted by atomic mass is 9.78. The Morgan fingerprint density at radius 1 is 0.682 bits per heavy atom. The fourth-order valence-corrected chi connectivity index (χ4v) is 10.5. The number of hydrogen-bond donors (Lipinski definition) is 0. The molecule has 2 atom stereocenters. The molecule has 224 valence electrons. The summed E-state index contributed by atoms with van der Waals surface area (Å²) < 4.78 is 78.3. The van der Waals surface area contributed by atoms with Gasteiger partial charge in [0.1, 0.15) is 0 Å². The molecule has 0 fully saturated rings. The molecular formula is C34H22F5IS4. The maximum atomic E-state index is 16.6. The summed E-state index contributed by atoms with van der Waals surface area (Å²) in [6.07, 6.45) is 8.04. The summed E-state index contributed by atoms with van der Waals surface area (Å²) in [5, 5.41) is 3.68. The molecule has 4 aromatic heterocycles. The van der Waals surface area contributed by atoms with E-state index in [9.17, 15) is 0 Å². The zero-order valence-corrected chi connectivity index (χ0v) is 28.3. The Morgan fingerprint density at radius 3 is 1.93 bits per heavy atom. The van der Waals surface area contributed by atoms with Crippen LogP contribution in [0.5, 0.6) is 0 Å². The second-order valence-corrected chi connectivity index (χ2v) is 16.4. The quantitative estimate of drug-likeness (QED) is 0.0915. The van der Waals surface area contributed by atoms with Crippen LogP contribution >= 0.6 is 67.9 Å². The van der Waals surface area contributed by atoms with Crippen LogP contribution in [0, 0.1) is 0 Å². The van der Waals surface area contributed by atoms with Crippen molar-refractivity contribution in [3.8, 4) is 29.9 Å². The van der Waals surface area contributed by atoms with Crippen molar-refractivity contribution in [1.29, 1.82) is 0 Å². The summed E-state index contributed by atoms with van der Waals surface area (Å²) in [5.74, 6) is -9.00. The summed E-state index contributed by atoms with van der Waals surface area (Å²) in [4.78, 5) is 3.72. The molecule has 7 rings (SSSR count). The number of benzene rings is 1. The van der Waals surface area contributed by atoms with E-state index in [4.69, 9.17) is 0 Å². The average Bonchev–Trinajstić information content (AvgIpc) is 3.83. The number of hydrogen-bond acceptors (Lipinski definition) is 4. The lowest BCUT2D eigenvalue weighted by molar-refractivity contribution is -0.119. The van der Waals surface area contributed by atoms with Crippen LogP contribution in [0.3, 0.4) is 0 Å². The van der Waals surface area contributed by atoms with E-state index in [1.807, 2.05) is 84.5 Å². The van der Waals surface area contributed by atoms with Gasteiger partial charge in [0.25, 0.3) is 3.68 Å². The van der Waals surface area contributed by atoms with Crippen molar-refractivity contribution >= 4 is 79.1 Å². The third kappa shape index (κ3) is 4.58. The number of rotatable bonds is 6. The molecule has 0 amide bonds. The number of allylic oxidation sites excluding steroid dienone is 6. The Balaban J connectivity index is 1.58. The van der Waals surface area contributed by atoms with Crippen LogP contribution in [-0.4, -0.2) is 15.5 Å². The second kappa shape index (κ2) is 10.9. The Kier molecular flexibility index (Phi) is 7.48. The molecule has 5 aromatic rings. The highest BCUT2D eigenvalue weighted by atomic mass is 127. The molecule has 0 spiro atoms. The molecule has 44 heavy (non-hydrogen) atoms. The summed E-state index contributed by atoms with van der Waals surface area (Å²) >= 11 is 5.96. The van der Waals surface area contributed by atoms with Gasteiger partial charge in [0.2, 0.25) is 0 Å². The van der Waals surface area contributed by atoms with Crippen LogP contribution in [0.1, 0.15) is 29.3 Å². The van der Waals surface area contributed by atoms with Gasteiger partial charge in [-0.1, -0.05) is 73.7 Å². The van der Waals surface area contributed by atoms with Crippen molar-refractivity contribution in [3.05, 3.63) is 118 Å². The highest BCUT2D eigenvalue weighted by molar-refractivity contribution is 14.1. The molecule has 0 aliphatic heterocycles. The first kappa shape index (κ1) is 30.3. The van der Waals surface area contributed by atoms with Gasteiger partial charge in [0.05, 0.1) is 4.88 Å². The Bertz CT molecular complexity index is 1930. The van der Waals surface area contributed by atoms with Crippen LogP contribution in [-0.2, 0) is 5.41 Å². The average molecular weight is 781 g/mol. The van der Waals surface area contributed by atoms with Crippen molar-refractivity contribution in [2.24, 2.45) is 0 Å². The van der Waals surface area contributed by atoms with Gasteiger partial charge in [-0.15, -0.1) is 45.3 Å². The van der Waals surface area contributed by atoms with Crippen molar-refractivity contribution in [2.75, 3.05) is 0 Å². The van der Waals surface area contributed by atoms with Gasteiger partial charge >= 0.3 is 11.8 Å². The van der Waals surface area contributed by atoms with Gasteiger partial charge in [-0.3, -0.25) is 0 Å². The van der Waals surface area contributed by atoms with E-state index in [-0.39, 0.29) is 11.1 Å². The number of halogens is 6. The lowest BCUT2D eigenvalue weighted by Gasteiger charge is -2.30. The summed E-state index contributed by atoms with van der Waals surface area (Å²) in [7, 11) is 0. The van der Waals surface area contributed by atoms with Gasteiger partial charge in [-0.25, -0.2) is 4.39 Å². The topological polar surface area (TPSA) is 0 Å². The van der Waals surface area contributed by atoms with E-state index in [1.165, 1.54) is 51.4 Å². The van der Waals surface area contributed by atoms with Gasteiger partial charge < -0.3 is 0 Å². The molecule has 0 nitrogen and oxygen atoms in total. The minimum Gasteiger partial charge on any atom is -0.218 e. The van der Waals surface area contributed by atoms with E-state index >= 15 is 22.0 Å². The normalized spacial score (nSPS) is 24.0. The van der Waals surface area contributed by atoms with E-state index in [1.54, 1.807) is 18.2 Å². The standard InChI is InChI=1S/C34H22F5IS4/c1-31(14-6-3-7-15-31)30-22(19-25(44-30)20-10-4-2-5-11-20)28-27(32(35,36)34(39,40)33(28,37)38)21-18-26(23-12-8-16-41-23)43-29(21)24-13-9-17-42-24/h2-14,16-19H,15H2,1H3. The highest BCUT2D eigenvalue weighted by Gasteiger charge is 2.78. The van der Waals surface area contributed by atoms with E-state index in [0.717, 1.165) is 10.4 Å². The predicted octanol–water partition coefficient (Wildman–Crippen LogP) is 13.0. The smallest absolute Gasteiger partial charge is 0.218 e. The van der Waals surface area contributed by atoms with Crippen LogP contribution in [0.15, 0.2) is 102 Å². The first-order chi connectivity index (χ1) is 21.0. The Hall–Kier alpha value is -2.38. The molecule has 0 saturated heterocycles. The minimum absolute atomic E-state index is 0.0341. The van der Waals surface area contributed by atoms with Crippen LogP contribution < -0.4 is 0 Å². The van der Waals surface area contributed by atoms with Crippen molar-refractivity contribution in [1.82, 2.24) is 0 Å². The molecule has 0 N–H and O–H groups in total. The number of thiophene rings is 4. The van der Waals surface area contributed by atoms with Gasteiger partial charge in [-0.05, 0) is 75.2 Å². The first-order valence-electron chi connectivity index (χ1n) is 13.6. The molecule has 2 aliphatic rings. The fourth-order valence-electron chi connectivity index (χ4n) is 5.78. The highest BCUT2D eigenvalue weighted by Crippen LogP contribution is 2.69. The monoisotopic (exact) mass is 780 g/mol. The Morgan fingerprint density at radius 2 is 1.32 bits per heavy atom. The van der Waals surface area contributed by atoms with Crippen LogP contribution in [0.25, 0.3) is 41.1 Å². The SMILES string of the molecule is CC1(c2sc(-c3ccccc3)cc2C2=C(c3cc(-c4cccs4)sc3-c3cccs3)C(F)(F)C(F)(I)C2(F)F)C=CC=CC1. The van der Waals surface area contributed by atoms with Crippen molar-refractivity contribution in [2.45, 2.75) is 34.3 Å². The van der Waals surface area contributed by atoms with Gasteiger partial charge in [0.15, 0.2) is 0 Å². The lowest BCUT2D eigenvalue weighted by Crippen LogP contribution is -2.47. The predicted molar refractivity (Wildman–Crippen MR) is 186 cm³/mol. The molecule has 10 heteroatoms. The summed E-state index contributed by atoms with van der Waals surface area (Å²) in [6, 6.07) is 19.6. The molecule has 1 aromatic carbocycles. The molecule has 0 bridgehead atoms. The van der Waals surface area contributed by atoms with Crippen molar-refractivity contribution in [3.63, 3.8) is 0 Å². The molecule has 0 saturated carbocycles. The number of alkyl halides is 6. The summed E-state index contributed by atoms with van der Waals surface area (Å²) in [6.45, 7) is 1.91. The Labute approximate surface area is 281 Å². The van der Waals surface area contributed by atoms with Crippen molar-refractivity contribution < 1.29 is 22.0 Å². The third-order valence-corrected chi connectivity index (χ3v) is 14.1. The second-order valence-electron chi connectivity index (χ2n) is 10.9. The van der Waals surface area contributed by atoms with Crippen LogP contribution in [0.2, 0.25) is 0 Å². The largest absolute Gasteiger partial charge is 0.323 e. The maximum Gasteiger partial charge on any atom is 0.323 e. The molecule has 2 aliphatic carbocycles. The van der Waals surface area contributed by atoms with Crippen LogP contribution in [0.4, 0.5) is 22.0 Å². The maximum absolute atomic E-state index is 16.6. The summed E-state index contributed by atoms with van der Waals surface area (Å²) in [5.41, 5.74) is -1.96. The zero-order valence-electron chi connectivity index (χ0n) is 22.9. The fraction of sp³-hybridized carbons (Fsp3) is 0.176. The molecule has 0 radical (unpaired) electrons. The third-order valence-electron chi connectivity index (χ3n) is 8.01. The van der Waals surface area contributed by atoms with E-state index < -0.39 is 32.1 Å². The first-order valence-corrected chi connectivity index (χ1v) is 18.1. The van der Waals surface area contributed by atoms with E-state index in [0.29, 0.717) is 53.4 Å². The van der Waals surface area contributed by atoms with E-state index in [2.05, 4.69) is 0 Å².